The number of nitrogens with zero attached hydrogens (tertiary/aromatic N) is 1. The van der Waals surface area contributed by atoms with Crippen LogP contribution in [0.4, 0.5) is 4.79 Å². The number of carbonyl (C=O) groups excluding carboxylic acids is 1. The average Bonchev–Trinajstić information content (AvgIpc) is 3.04. The molecule has 46 heavy (non-hydrogen) atoms. The molecule has 1 amide bonds. The molecule has 4 aromatic carbocycles. The summed E-state index contributed by atoms with van der Waals surface area (Å²) in [5.41, 5.74) is 2.60. The van der Waals surface area contributed by atoms with Gasteiger partial charge in [-0.1, -0.05) is 48.5 Å². The van der Waals surface area contributed by atoms with Gasteiger partial charge in [0.25, 0.3) is 0 Å². The monoisotopic (exact) mass is 627 g/mol. The quantitative estimate of drug-likeness (QED) is 0.160. The number of para-hydroxylation sites is 1. The minimum Gasteiger partial charge on any atom is -0.508 e. The molecular weight excluding hydrogens is 582 g/mol. The van der Waals surface area contributed by atoms with E-state index in [1.165, 1.54) is 0 Å². The highest BCUT2D eigenvalue weighted by molar-refractivity contribution is 5.84. The molecule has 8 nitrogen and oxygen atoms in total. The van der Waals surface area contributed by atoms with Crippen molar-refractivity contribution < 1.29 is 33.6 Å². The summed E-state index contributed by atoms with van der Waals surface area (Å²) in [7, 11) is 1.66. The minimum absolute atomic E-state index is 0.0978. The minimum atomic E-state index is -0.571. The summed E-state index contributed by atoms with van der Waals surface area (Å²) >= 11 is 0. The van der Waals surface area contributed by atoms with E-state index in [1.807, 2.05) is 81.4 Å². The van der Waals surface area contributed by atoms with Crippen LogP contribution in [0.3, 0.4) is 0 Å². The SMILES string of the molecule is COc1ccccc1COCCCOc1ccc(C2CCN(C(=O)OC(C)(C)C)CC2OCc2ccc3ccc(O)cc3c2)cc1. The highest BCUT2D eigenvalue weighted by atomic mass is 16.6. The van der Waals surface area contributed by atoms with Gasteiger partial charge < -0.3 is 33.7 Å². The molecule has 1 saturated heterocycles. The maximum Gasteiger partial charge on any atom is 0.410 e. The fourth-order valence-corrected chi connectivity index (χ4v) is 5.70. The van der Waals surface area contributed by atoms with E-state index in [2.05, 4.69) is 12.1 Å². The third-order valence-electron chi connectivity index (χ3n) is 8.02. The van der Waals surface area contributed by atoms with Gasteiger partial charge in [-0.2, -0.15) is 0 Å². The average molecular weight is 628 g/mol. The molecule has 244 valence electrons. The van der Waals surface area contributed by atoms with Gasteiger partial charge in [-0.05, 0) is 85.5 Å². The lowest BCUT2D eigenvalue weighted by Crippen LogP contribution is -2.48. The number of likely N-dealkylation sites (tertiary alicyclic amines) is 1. The normalized spacial score (nSPS) is 16.7. The van der Waals surface area contributed by atoms with Crippen molar-refractivity contribution in [3.63, 3.8) is 0 Å². The topological polar surface area (TPSA) is 86.7 Å². The van der Waals surface area contributed by atoms with Gasteiger partial charge in [-0.3, -0.25) is 0 Å². The van der Waals surface area contributed by atoms with Crippen LogP contribution in [-0.2, 0) is 27.4 Å². The van der Waals surface area contributed by atoms with Crippen LogP contribution in [0.15, 0.2) is 84.9 Å². The van der Waals surface area contributed by atoms with Gasteiger partial charge in [0.05, 0.1) is 46.2 Å². The van der Waals surface area contributed by atoms with Gasteiger partial charge in [0.1, 0.15) is 22.8 Å². The number of aromatic hydroxyl groups is 1. The van der Waals surface area contributed by atoms with E-state index in [4.69, 9.17) is 23.7 Å². The number of ether oxygens (including phenoxy) is 5. The Labute approximate surface area is 271 Å². The maximum absolute atomic E-state index is 13.0. The predicted molar refractivity (Wildman–Crippen MR) is 179 cm³/mol. The Kier molecular flexibility index (Phi) is 11.0. The van der Waals surface area contributed by atoms with Crippen LogP contribution in [0.2, 0.25) is 0 Å². The molecule has 2 atom stereocenters. The molecule has 0 aliphatic carbocycles. The lowest BCUT2D eigenvalue weighted by atomic mass is 9.87. The van der Waals surface area contributed by atoms with Crippen molar-refractivity contribution in [3.8, 4) is 17.2 Å². The molecule has 0 aromatic heterocycles. The first-order chi connectivity index (χ1) is 22.2. The number of amides is 1. The van der Waals surface area contributed by atoms with Crippen LogP contribution >= 0.6 is 0 Å². The molecular formula is C38H45NO7. The van der Waals surface area contributed by atoms with Crippen molar-refractivity contribution >= 4 is 16.9 Å². The van der Waals surface area contributed by atoms with E-state index in [9.17, 15) is 9.90 Å². The number of fused-ring (bicyclic) bond motifs is 1. The predicted octanol–water partition coefficient (Wildman–Crippen LogP) is 7.85. The highest BCUT2D eigenvalue weighted by Crippen LogP contribution is 2.33. The molecule has 1 fully saturated rings. The smallest absolute Gasteiger partial charge is 0.410 e. The molecule has 2 unspecified atom stereocenters. The van der Waals surface area contributed by atoms with E-state index in [-0.39, 0.29) is 23.9 Å². The van der Waals surface area contributed by atoms with E-state index in [1.54, 1.807) is 24.1 Å². The van der Waals surface area contributed by atoms with Crippen LogP contribution in [-0.4, -0.2) is 61.2 Å². The molecule has 0 spiro atoms. The Hall–Kier alpha value is -4.27. The molecule has 1 N–H and O–H groups in total. The van der Waals surface area contributed by atoms with Crippen molar-refractivity contribution in [1.29, 1.82) is 0 Å². The molecule has 8 heteroatoms. The van der Waals surface area contributed by atoms with Crippen LogP contribution in [0, 0.1) is 0 Å². The Balaban J connectivity index is 1.18. The second-order valence-corrected chi connectivity index (χ2v) is 12.7. The zero-order valence-electron chi connectivity index (χ0n) is 27.2. The van der Waals surface area contributed by atoms with Crippen LogP contribution in [0.5, 0.6) is 17.2 Å². The van der Waals surface area contributed by atoms with Crippen molar-refractivity contribution in [3.05, 3.63) is 102 Å². The Morgan fingerprint density at radius 3 is 2.48 bits per heavy atom. The fraction of sp³-hybridized carbons (Fsp3) is 0.395. The number of phenolic OH excluding ortho intramolecular Hbond substituents is 1. The molecule has 4 aromatic rings. The third kappa shape index (κ3) is 9.14. The number of carbonyl (C=O) groups is 1. The van der Waals surface area contributed by atoms with E-state index >= 15 is 0 Å². The third-order valence-corrected chi connectivity index (χ3v) is 8.02. The molecule has 0 saturated carbocycles. The van der Waals surface area contributed by atoms with Gasteiger partial charge >= 0.3 is 6.09 Å². The van der Waals surface area contributed by atoms with Gasteiger partial charge in [0.2, 0.25) is 0 Å². The summed E-state index contributed by atoms with van der Waals surface area (Å²) in [6.07, 6.45) is 0.966. The summed E-state index contributed by atoms with van der Waals surface area (Å²) in [5, 5.41) is 11.9. The zero-order valence-corrected chi connectivity index (χ0v) is 27.2. The summed E-state index contributed by atoms with van der Waals surface area (Å²) in [6, 6.07) is 27.5. The lowest BCUT2D eigenvalue weighted by molar-refractivity contribution is -0.0359. The molecule has 1 heterocycles. The Morgan fingerprint density at radius 2 is 1.70 bits per heavy atom. The largest absolute Gasteiger partial charge is 0.508 e. The highest BCUT2D eigenvalue weighted by Gasteiger charge is 2.35. The maximum atomic E-state index is 13.0. The van der Waals surface area contributed by atoms with Gasteiger partial charge in [-0.25, -0.2) is 4.79 Å². The van der Waals surface area contributed by atoms with Crippen LogP contribution < -0.4 is 9.47 Å². The molecule has 1 aliphatic rings. The summed E-state index contributed by atoms with van der Waals surface area (Å²) in [6.45, 7) is 8.67. The number of hydrogen-bond acceptors (Lipinski definition) is 7. The van der Waals surface area contributed by atoms with Crippen LogP contribution in [0.25, 0.3) is 10.8 Å². The first-order valence-corrected chi connectivity index (χ1v) is 15.9. The molecule has 0 radical (unpaired) electrons. The second kappa shape index (κ2) is 15.3. The number of benzene rings is 4. The molecule has 5 rings (SSSR count). The van der Waals surface area contributed by atoms with Gasteiger partial charge in [0.15, 0.2) is 0 Å². The first kappa shape index (κ1) is 33.1. The number of hydrogen-bond donors (Lipinski definition) is 1. The molecule has 0 bridgehead atoms. The fourth-order valence-electron chi connectivity index (χ4n) is 5.70. The van der Waals surface area contributed by atoms with Gasteiger partial charge in [-0.15, -0.1) is 0 Å². The lowest BCUT2D eigenvalue weighted by Gasteiger charge is -2.39. The first-order valence-electron chi connectivity index (χ1n) is 15.9. The van der Waals surface area contributed by atoms with Crippen molar-refractivity contribution in [2.75, 3.05) is 33.4 Å². The number of rotatable bonds is 12. The Bertz CT molecular complexity index is 1580. The number of phenols is 1. The Morgan fingerprint density at radius 1 is 0.913 bits per heavy atom. The second-order valence-electron chi connectivity index (χ2n) is 12.7. The van der Waals surface area contributed by atoms with Crippen molar-refractivity contribution in [2.24, 2.45) is 0 Å². The van der Waals surface area contributed by atoms with Gasteiger partial charge in [0, 0.05) is 24.4 Å². The molecule has 1 aliphatic heterocycles. The standard InChI is InChI=1S/C38H45NO7/c1-38(2,3)46-37(41)39-19-18-34(36(24-39)45-25-27-10-11-28-12-15-32(40)23-31(28)22-27)29-13-16-33(17-14-29)44-21-7-20-43-26-30-8-5-6-9-35(30)42-4/h5-6,8-17,22-23,34,36,40H,7,18-21,24-26H2,1-4H3. The van der Waals surface area contributed by atoms with Crippen molar-refractivity contribution in [2.45, 2.75) is 64.4 Å². The van der Waals surface area contributed by atoms with E-state index < -0.39 is 5.60 Å². The van der Waals surface area contributed by atoms with Crippen LogP contribution in [0.1, 0.15) is 56.2 Å². The number of piperidine rings is 1. The summed E-state index contributed by atoms with van der Waals surface area (Å²) in [5.74, 6) is 1.96. The van der Waals surface area contributed by atoms with Crippen molar-refractivity contribution in [1.82, 2.24) is 4.90 Å². The zero-order chi connectivity index (χ0) is 32.5. The summed E-state index contributed by atoms with van der Waals surface area (Å²) < 4.78 is 29.4. The number of methoxy groups -OCH3 is 1. The summed E-state index contributed by atoms with van der Waals surface area (Å²) in [4.78, 5) is 14.7. The van der Waals surface area contributed by atoms with E-state index in [0.717, 1.165) is 51.8 Å². The van der Waals surface area contributed by atoms with E-state index in [0.29, 0.717) is 39.5 Å².